The average molecular weight is 412 g/mol. The molecule has 1 aromatic heterocycles. The van der Waals surface area contributed by atoms with Crippen LogP contribution in [0.1, 0.15) is 27.2 Å². The molecule has 0 aliphatic heterocycles. The van der Waals surface area contributed by atoms with Crippen molar-refractivity contribution < 1.29 is 18.8 Å². The zero-order valence-corrected chi connectivity index (χ0v) is 16.8. The third kappa shape index (κ3) is 3.83. The fourth-order valence-electron chi connectivity index (χ4n) is 3.61. The molecule has 4 rings (SSSR count). The van der Waals surface area contributed by atoms with Crippen molar-refractivity contribution >= 4 is 17.6 Å². The third-order valence-corrected chi connectivity index (χ3v) is 5.04. The highest BCUT2D eigenvalue weighted by molar-refractivity contribution is 6.39. The summed E-state index contributed by atoms with van der Waals surface area (Å²) in [6, 6.07) is 31.2. The minimum absolute atomic E-state index is 0.197. The highest BCUT2D eigenvalue weighted by Gasteiger charge is 2.37. The maximum atomic E-state index is 12.1. The van der Waals surface area contributed by atoms with Gasteiger partial charge in [-0.2, -0.15) is 0 Å². The summed E-state index contributed by atoms with van der Waals surface area (Å²) in [5.74, 6) is -1.79. The second-order valence-corrected chi connectivity index (χ2v) is 6.87. The van der Waals surface area contributed by atoms with Crippen LogP contribution in [0.5, 0.6) is 0 Å². The molecule has 0 aliphatic carbocycles. The van der Waals surface area contributed by atoms with Crippen molar-refractivity contribution in [1.82, 2.24) is 5.16 Å². The van der Waals surface area contributed by atoms with E-state index in [1.165, 1.54) is 6.07 Å². The summed E-state index contributed by atoms with van der Waals surface area (Å²) in [7, 11) is 1.14. The number of nitrogens with zero attached hydrogens (tertiary/aromatic N) is 1. The van der Waals surface area contributed by atoms with Gasteiger partial charge in [0, 0.05) is 6.07 Å². The van der Waals surface area contributed by atoms with Crippen molar-refractivity contribution in [2.75, 3.05) is 12.4 Å². The number of carbonyl (C=O) groups excluding carboxylic acids is 2. The first-order valence-electron chi connectivity index (χ1n) is 9.69. The fraction of sp³-hybridized carbons (Fsp3) is 0.0800. The monoisotopic (exact) mass is 412 g/mol. The number of aromatic nitrogens is 1. The molecule has 0 aliphatic rings. The number of esters is 1. The molecule has 0 amide bonds. The molecule has 0 spiro atoms. The van der Waals surface area contributed by atoms with E-state index in [2.05, 4.69) is 15.2 Å². The molecule has 1 N–H and O–H groups in total. The predicted octanol–water partition coefficient (Wildman–Crippen LogP) is 4.43. The Hall–Kier alpha value is -4.19. The van der Waals surface area contributed by atoms with E-state index in [1.807, 2.05) is 91.0 Å². The summed E-state index contributed by atoms with van der Waals surface area (Å²) in [6.07, 6.45) is 0. The van der Waals surface area contributed by atoms with E-state index in [0.717, 1.165) is 23.8 Å². The first-order valence-corrected chi connectivity index (χ1v) is 9.69. The van der Waals surface area contributed by atoms with Gasteiger partial charge in [-0.1, -0.05) is 96.2 Å². The molecule has 6 heteroatoms. The lowest BCUT2D eigenvalue weighted by Crippen LogP contribution is -2.38. The maximum absolute atomic E-state index is 12.1. The van der Waals surface area contributed by atoms with E-state index in [4.69, 9.17) is 4.52 Å². The Bertz CT molecular complexity index is 1080. The summed E-state index contributed by atoms with van der Waals surface area (Å²) in [6.45, 7) is 0. The summed E-state index contributed by atoms with van der Waals surface area (Å²) in [5, 5.41) is 7.46. The summed E-state index contributed by atoms with van der Waals surface area (Å²) < 4.78 is 9.63. The van der Waals surface area contributed by atoms with E-state index in [-0.39, 0.29) is 5.76 Å². The first kappa shape index (κ1) is 20.1. The van der Waals surface area contributed by atoms with Crippen LogP contribution in [0, 0.1) is 0 Å². The van der Waals surface area contributed by atoms with Crippen LogP contribution in [0.2, 0.25) is 0 Å². The number of nitrogens with one attached hydrogen (secondary N) is 1. The van der Waals surface area contributed by atoms with E-state index < -0.39 is 17.3 Å². The van der Waals surface area contributed by atoms with Crippen LogP contribution < -0.4 is 5.32 Å². The maximum Gasteiger partial charge on any atom is 0.382 e. The zero-order valence-electron chi connectivity index (χ0n) is 16.8. The lowest BCUT2D eigenvalue weighted by atomic mass is 9.77. The first-order chi connectivity index (χ1) is 15.1. The molecule has 0 radical (unpaired) electrons. The Kier molecular flexibility index (Phi) is 5.62. The number of hydrogen-bond acceptors (Lipinski definition) is 6. The van der Waals surface area contributed by atoms with Gasteiger partial charge in [-0.25, -0.2) is 4.79 Å². The van der Waals surface area contributed by atoms with Crippen LogP contribution in [0.3, 0.4) is 0 Å². The average Bonchev–Trinajstić information content (AvgIpc) is 3.31. The Morgan fingerprint density at radius 2 is 1.26 bits per heavy atom. The SMILES string of the molecule is COC(=O)C(=O)c1cc(NC(c2ccccc2)(c2ccccc2)c2ccccc2)no1. The Labute approximate surface area is 179 Å². The van der Waals surface area contributed by atoms with Crippen molar-refractivity contribution in [1.29, 1.82) is 0 Å². The third-order valence-electron chi connectivity index (χ3n) is 5.04. The van der Waals surface area contributed by atoms with Crippen LogP contribution in [-0.2, 0) is 15.1 Å². The van der Waals surface area contributed by atoms with Gasteiger partial charge in [0.1, 0.15) is 5.54 Å². The number of ether oxygens (including phenoxy) is 1. The van der Waals surface area contributed by atoms with Gasteiger partial charge in [-0.05, 0) is 16.7 Å². The van der Waals surface area contributed by atoms with Crippen molar-refractivity contribution in [3.63, 3.8) is 0 Å². The molecule has 1 heterocycles. The van der Waals surface area contributed by atoms with E-state index >= 15 is 0 Å². The number of hydrogen-bond donors (Lipinski definition) is 1. The topological polar surface area (TPSA) is 81.4 Å². The lowest BCUT2D eigenvalue weighted by Gasteiger charge is -2.36. The standard InChI is InChI=1S/C25H20N2O4/c1-30-24(29)23(28)21-17-22(27-31-21)26-25(18-11-5-2-6-12-18,19-13-7-3-8-14-19)20-15-9-4-10-16-20/h2-17H,1H3,(H,26,27). The van der Waals surface area contributed by atoms with Gasteiger partial charge >= 0.3 is 11.8 Å². The smallest absolute Gasteiger partial charge is 0.382 e. The van der Waals surface area contributed by atoms with Crippen LogP contribution >= 0.6 is 0 Å². The Morgan fingerprint density at radius 1 is 0.806 bits per heavy atom. The van der Waals surface area contributed by atoms with Crippen molar-refractivity contribution in [2.45, 2.75) is 5.54 Å². The van der Waals surface area contributed by atoms with Crippen LogP contribution in [-0.4, -0.2) is 24.0 Å². The minimum atomic E-state index is -1.01. The van der Waals surface area contributed by atoms with Crippen molar-refractivity contribution in [2.24, 2.45) is 0 Å². The second-order valence-electron chi connectivity index (χ2n) is 6.87. The largest absolute Gasteiger partial charge is 0.463 e. The summed E-state index contributed by atoms with van der Waals surface area (Å²) in [5.41, 5.74) is 2.08. The number of anilines is 1. The number of ketones is 1. The summed E-state index contributed by atoms with van der Waals surface area (Å²) >= 11 is 0. The predicted molar refractivity (Wildman–Crippen MR) is 116 cm³/mol. The number of benzene rings is 3. The fourth-order valence-corrected chi connectivity index (χ4v) is 3.61. The molecular formula is C25H20N2O4. The number of methoxy groups -OCH3 is 1. The van der Waals surface area contributed by atoms with Gasteiger partial charge in [-0.15, -0.1) is 0 Å². The molecule has 154 valence electrons. The van der Waals surface area contributed by atoms with Gasteiger partial charge < -0.3 is 14.6 Å². The molecule has 0 saturated carbocycles. The molecule has 6 nitrogen and oxygen atoms in total. The Morgan fingerprint density at radius 3 is 1.68 bits per heavy atom. The molecule has 0 atom stereocenters. The molecule has 0 bridgehead atoms. The quantitative estimate of drug-likeness (QED) is 0.209. The molecule has 0 fully saturated rings. The van der Waals surface area contributed by atoms with Gasteiger partial charge in [0.25, 0.3) is 0 Å². The molecule has 0 unspecified atom stereocenters. The van der Waals surface area contributed by atoms with Gasteiger partial charge in [-0.3, -0.25) is 4.79 Å². The molecule has 3 aromatic carbocycles. The molecule has 0 saturated heterocycles. The van der Waals surface area contributed by atoms with Gasteiger partial charge in [0.2, 0.25) is 5.76 Å². The number of Topliss-reactive ketones (excluding diaryl/α,β-unsaturated/α-hetero) is 1. The van der Waals surface area contributed by atoms with Crippen molar-refractivity contribution in [3.8, 4) is 0 Å². The van der Waals surface area contributed by atoms with E-state index in [9.17, 15) is 9.59 Å². The normalized spacial score (nSPS) is 11.0. The molecular weight excluding hydrogens is 392 g/mol. The zero-order chi connectivity index (χ0) is 21.7. The Balaban J connectivity index is 1.88. The van der Waals surface area contributed by atoms with Crippen LogP contribution in [0.15, 0.2) is 102 Å². The lowest BCUT2D eigenvalue weighted by molar-refractivity contribution is -0.135. The molecule has 4 aromatic rings. The number of carbonyl (C=O) groups is 2. The van der Waals surface area contributed by atoms with Gasteiger partial charge in [0.05, 0.1) is 7.11 Å². The van der Waals surface area contributed by atoms with Crippen molar-refractivity contribution in [3.05, 3.63) is 120 Å². The highest BCUT2D eigenvalue weighted by Crippen LogP contribution is 2.39. The molecule has 31 heavy (non-hydrogen) atoms. The second kappa shape index (κ2) is 8.67. The highest BCUT2D eigenvalue weighted by atomic mass is 16.5. The van der Waals surface area contributed by atoms with Gasteiger partial charge in [0.15, 0.2) is 5.82 Å². The number of rotatable bonds is 7. The minimum Gasteiger partial charge on any atom is -0.463 e. The van der Waals surface area contributed by atoms with E-state index in [0.29, 0.717) is 5.82 Å². The summed E-state index contributed by atoms with van der Waals surface area (Å²) in [4.78, 5) is 23.7. The van der Waals surface area contributed by atoms with E-state index in [1.54, 1.807) is 0 Å². The van der Waals surface area contributed by atoms with Crippen LogP contribution in [0.4, 0.5) is 5.82 Å². The van der Waals surface area contributed by atoms with Crippen LogP contribution in [0.25, 0.3) is 0 Å².